The molecule has 0 aliphatic heterocycles. The summed E-state index contributed by atoms with van der Waals surface area (Å²) in [5.74, 6) is 0. The van der Waals surface area contributed by atoms with E-state index in [-0.39, 0.29) is 0 Å². The second-order valence-corrected chi connectivity index (χ2v) is 5.79. The quantitative estimate of drug-likeness (QED) is 0.267. The Morgan fingerprint density at radius 2 is 1.50 bits per heavy atom. The molecule has 0 fully saturated rings. The van der Waals surface area contributed by atoms with Crippen LogP contribution in [0.2, 0.25) is 0 Å². The predicted octanol–water partition coefficient (Wildman–Crippen LogP) is 3.61. The number of hydrogen-bond donors (Lipinski definition) is 1. The van der Waals surface area contributed by atoms with Crippen molar-refractivity contribution in [3.05, 3.63) is 102 Å². The molecule has 126 valence electrons. The van der Waals surface area contributed by atoms with Crippen LogP contribution in [0.15, 0.2) is 91.1 Å². The van der Waals surface area contributed by atoms with Crippen LogP contribution in [0.5, 0.6) is 0 Å². The van der Waals surface area contributed by atoms with Crippen molar-refractivity contribution < 1.29 is 9.42 Å². The Labute approximate surface area is 151 Å². The molecule has 0 aliphatic rings. The molecule has 0 atom stereocenters. The van der Waals surface area contributed by atoms with Crippen molar-refractivity contribution in [1.29, 1.82) is 0 Å². The van der Waals surface area contributed by atoms with Gasteiger partial charge in [-0.25, -0.2) is 0 Å². The smallest absolute Gasteiger partial charge is 0.216 e. The number of hydrogen-bond acceptors (Lipinski definition) is 2. The first-order valence-corrected chi connectivity index (χ1v) is 8.29. The summed E-state index contributed by atoms with van der Waals surface area (Å²) < 4.78 is 2.75. The third kappa shape index (κ3) is 3.10. The van der Waals surface area contributed by atoms with Gasteiger partial charge in [0.25, 0.3) is 0 Å². The lowest BCUT2D eigenvalue weighted by Gasteiger charge is -2.05. The summed E-state index contributed by atoms with van der Waals surface area (Å²) in [6, 6.07) is 26.8. The normalized spacial score (nSPS) is 11.5. The van der Waals surface area contributed by atoms with Crippen molar-refractivity contribution in [2.24, 2.45) is 0 Å². The van der Waals surface area contributed by atoms with Gasteiger partial charge in [0.2, 0.25) is 17.6 Å². The van der Waals surface area contributed by atoms with Crippen molar-refractivity contribution in [2.45, 2.75) is 0 Å². The van der Waals surface area contributed by atoms with Crippen LogP contribution in [0.1, 0.15) is 5.56 Å². The highest BCUT2D eigenvalue weighted by molar-refractivity contribution is 5.81. The predicted molar refractivity (Wildman–Crippen MR) is 100 cm³/mol. The van der Waals surface area contributed by atoms with Gasteiger partial charge < -0.3 is 5.21 Å². The lowest BCUT2D eigenvalue weighted by Crippen LogP contribution is -2.36. The van der Waals surface area contributed by atoms with Gasteiger partial charge in [-0.05, 0) is 12.1 Å². The van der Waals surface area contributed by atoms with Gasteiger partial charge >= 0.3 is 0 Å². The largest absolute Gasteiger partial charge is 0.618 e. The summed E-state index contributed by atoms with van der Waals surface area (Å²) in [6.45, 7) is 0. The highest BCUT2D eigenvalue weighted by Gasteiger charge is 2.19. The van der Waals surface area contributed by atoms with Gasteiger partial charge in [-0.2, -0.15) is 4.74 Å². The first kappa shape index (κ1) is 15.8. The molecule has 0 spiro atoms. The van der Waals surface area contributed by atoms with E-state index in [0.717, 1.165) is 27.2 Å². The zero-order valence-corrected chi connectivity index (χ0v) is 14.0. The first-order chi connectivity index (χ1) is 12.8. The van der Waals surface area contributed by atoms with Crippen molar-refractivity contribution in [3.63, 3.8) is 0 Å². The topological polar surface area (TPSA) is 58.6 Å². The molecule has 5 heteroatoms. The van der Waals surface area contributed by atoms with Crippen LogP contribution in [-0.4, -0.2) is 21.3 Å². The van der Waals surface area contributed by atoms with E-state index in [2.05, 4.69) is 10.3 Å². The number of aromatic nitrogens is 3. The molecule has 4 aromatic rings. The summed E-state index contributed by atoms with van der Waals surface area (Å²) in [5, 5.41) is 19.7. The average Bonchev–Trinajstić information content (AvgIpc) is 3.19. The molecule has 0 bridgehead atoms. The molecule has 0 saturated heterocycles. The lowest BCUT2D eigenvalue weighted by atomic mass is 10.1. The van der Waals surface area contributed by atoms with E-state index in [0.29, 0.717) is 5.69 Å². The minimum absolute atomic E-state index is 0.584. The summed E-state index contributed by atoms with van der Waals surface area (Å²) >= 11 is 0. The van der Waals surface area contributed by atoms with Crippen LogP contribution in [0.4, 0.5) is 5.69 Å². The van der Waals surface area contributed by atoms with Gasteiger partial charge in [-0.15, -0.1) is 4.68 Å². The zero-order valence-electron chi connectivity index (χ0n) is 14.0. The van der Waals surface area contributed by atoms with Crippen molar-refractivity contribution >= 4 is 11.9 Å². The molecule has 0 saturated carbocycles. The standard InChI is InChI=1S/C21H16N4O/c26-24(19-12-5-2-6-13-19)16-18-11-7-8-14-20(18)25-21(15-22-23-25)17-9-3-1-4-10-17/h1-16H/p+1. The fourth-order valence-corrected chi connectivity index (χ4v) is 2.83. The average molecular weight is 341 g/mol. The maximum absolute atomic E-state index is 12.5. The van der Waals surface area contributed by atoms with Crippen LogP contribution in [0.25, 0.3) is 16.9 Å². The van der Waals surface area contributed by atoms with Gasteiger partial charge in [-0.3, -0.25) is 0 Å². The summed E-state index contributed by atoms with van der Waals surface area (Å²) in [6.07, 6.45) is 3.35. The maximum atomic E-state index is 12.5. The summed E-state index contributed by atoms with van der Waals surface area (Å²) in [7, 11) is 0. The number of nitrogens with one attached hydrogen (secondary N) is 1. The fourth-order valence-electron chi connectivity index (χ4n) is 2.83. The first-order valence-electron chi connectivity index (χ1n) is 8.29. The van der Waals surface area contributed by atoms with E-state index in [1.54, 1.807) is 24.5 Å². The van der Waals surface area contributed by atoms with Gasteiger partial charge in [0.1, 0.15) is 0 Å². The SMILES string of the molecule is [O-][N+](=Cc1ccccc1-[n+]1[nH]ncc1-c1ccccc1)c1ccccc1. The van der Waals surface area contributed by atoms with Gasteiger partial charge in [-0.1, -0.05) is 65.9 Å². The van der Waals surface area contributed by atoms with E-state index >= 15 is 0 Å². The zero-order chi connectivity index (χ0) is 17.8. The Morgan fingerprint density at radius 3 is 2.27 bits per heavy atom. The van der Waals surface area contributed by atoms with E-state index in [1.807, 2.05) is 77.5 Å². The number of nitrogens with zero attached hydrogens (tertiary/aromatic N) is 3. The molecule has 1 N–H and O–H groups in total. The van der Waals surface area contributed by atoms with Crippen molar-refractivity contribution in [1.82, 2.24) is 10.3 Å². The second kappa shape index (κ2) is 7.03. The van der Waals surface area contributed by atoms with Crippen LogP contribution < -0.4 is 4.68 Å². The van der Waals surface area contributed by atoms with E-state index in [9.17, 15) is 5.21 Å². The number of aromatic amines is 1. The van der Waals surface area contributed by atoms with E-state index in [4.69, 9.17) is 0 Å². The second-order valence-electron chi connectivity index (χ2n) is 5.79. The van der Waals surface area contributed by atoms with E-state index in [1.165, 1.54) is 0 Å². The highest BCUT2D eigenvalue weighted by Crippen LogP contribution is 2.17. The third-order valence-electron chi connectivity index (χ3n) is 4.10. The third-order valence-corrected chi connectivity index (χ3v) is 4.10. The minimum Gasteiger partial charge on any atom is -0.618 e. The number of benzene rings is 3. The van der Waals surface area contributed by atoms with Crippen molar-refractivity contribution in [3.8, 4) is 16.9 Å². The molecule has 0 radical (unpaired) electrons. The number of H-pyrrole nitrogens is 1. The molecular weight excluding hydrogens is 324 g/mol. The molecule has 1 heterocycles. The Kier molecular flexibility index (Phi) is 4.26. The molecule has 0 amide bonds. The molecule has 26 heavy (non-hydrogen) atoms. The Bertz CT molecular complexity index is 1040. The Morgan fingerprint density at radius 1 is 0.846 bits per heavy atom. The molecule has 3 aromatic carbocycles. The fraction of sp³-hybridized carbons (Fsp3) is 0. The van der Waals surface area contributed by atoms with Crippen molar-refractivity contribution in [2.75, 3.05) is 0 Å². The molecule has 0 aliphatic carbocycles. The van der Waals surface area contributed by atoms with Crippen LogP contribution in [0.3, 0.4) is 0 Å². The summed E-state index contributed by atoms with van der Waals surface area (Å²) in [5.41, 5.74) is 4.18. The molecular formula is C21H17N4O+. The minimum atomic E-state index is 0.584. The van der Waals surface area contributed by atoms with Gasteiger partial charge in [0.15, 0.2) is 11.9 Å². The van der Waals surface area contributed by atoms with Crippen LogP contribution in [-0.2, 0) is 0 Å². The highest BCUT2D eigenvalue weighted by atomic mass is 16.5. The molecule has 1 aromatic heterocycles. The Hall–Kier alpha value is -3.73. The summed E-state index contributed by atoms with van der Waals surface area (Å²) in [4.78, 5) is 0. The van der Waals surface area contributed by atoms with E-state index < -0.39 is 0 Å². The van der Waals surface area contributed by atoms with Gasteiger partial charge in [0, 0.05) is 22.8 Å². The molecule has 4 rings (SSSR count). The molecule has 5 nitrogen and oxygen atoms in total. The Balaban J connectivity index is 1.80. The number of rotatable bonds is 4. The maximum Gasteiger partial charge on any atom is 0.216 e. The molecule has 0 unspecified atom stereocenters. The monoisotopic (exact) mass is 341 g/mol. The van der Waals surface area contributed by atoms with Gasteiger partial charge in [0.05, 0.1) is 5.56 Å². The lowest BCUT2D eigenvalue weighted by molar-refractivity contribution is -0.649. The number of para-hydroxylation sites is 2. The van der Waals surface area contributed by atoms with Crippen LogP contribution in [0, 0.1) is 5.21 Å². The van der Waals surface area contributed by atoms with Crippen LogP contribution >= 0.6 is 0 Å².